The smallest absolute Gasteiger partial charge is 0.405 e. The molecule has 4 rings (SSSR count). The average Bonchev–Trinajstić information content (AvgIpc) is 3.21. The number of rotatable bonds is 7. The Morgan fingerprint density at radius 2 is 1.81 bits per heavy atom. The maximum atomic E-state index is 13.4. The molecule has 0 spiro atoms. The fraction of sp³-hybridized carbons (Fsp3) is 0.250. The number of nitrogens with one attached hydrogen (secondary N) is 2. The number of amides is 1. The highest BCUT2D eigenvalue weighted by Gasteiger charge is 2.34. The number of aliphatic hydroxyl groups excluding tert-OH is 1. The van der Waals surface area contributed by atoms with Crippen molar-refractivity contribution in [3.05, 3.63) is 89.1 Å². The molecule has 4 aromatic rings. The van der Waals surface area contributed by atoms with Crippen molar-refractivity contribution < 1.29 is 27.8 Å². The van der Waals surface area contributed by atoms with Gasteiger partial charge in [-0.1, -0.05) is 48.0 Å². The number of para-hydroxylation sites is 1. The Kier molecular flexibility index (Phi) is 6.82. The SMILES string of the molecule is Cc1ccc(-c2ccc(OC(F)(F)F)c(C(=O)NC(C)(CO)Cc3c[nH]c4ccccc34)c2)c(C)c1. The van der Waals surface area contributed by atoms with E-state index in [1.807, 2.05) is 56.3 Å². The Morgan fingerprint density at radius 1 is 1.06 bits per heavy atom. The summed E-state index contributed by atoms with van der Waals surface area (Å²) >= 11 is 0. The summed E-state index contributed by atoms with van der Waals surface area (Å²) in [5.41, 5.74) is 3.68. The van der Waals surface area contributed by atoms with E-state index in [2.05, 4.69) is 15.0 Å². The predicted molar refractivity (Wildman–Crippen MR) is 133 cm³/mol. The minimum Gasteiger partial charge on any atom is -0.405 e. The van der Waals surface area contributed by atoms with Crippen molar-refractivity contribution in [3.8, 4) is 16.9 Å². The Morgan fingerprint density at radius 3 is 2.50 bits per heavy atom. The molecule has 188 valence electrons. The first kappa shape index (κ1) is 25.3. The number of fused-ring (bicyclic) bond motifs is 1. The van der Waals surface area contributed by atoms with E-state index in [0.717, 1.165) is 39.2 Å². The van der Waals surface area contributed by atoms with E-state index in [1.165, 1.54) is 12.1 Å². The van der Waals surface area contributed by atoms with Gasteiger partial charge in [0.2, 0.25) is 0 Å². The number of carbonyl (C=O) groups is 1. The van der Waals surface area contributed by atoms with Gasteiger partial charge in [-0.15, -0.1) is 13.2 Å². The summed E-state index contributed by atoms with van der Waals surface area (Å²) in [7, 11) is 0. The van der Waals surface area contributed by atoms with Gasteiger partial charge in [-0.25, -0.2) is 0 Å². The van der Waals surface area contributed by atoms with Crippen LogP contribution in [0.5, 0.6) is 5.75 Å². The number of aliphatic hydroxyl groups is 1. The van der Waals surface area contributed by atoms with Gasteiger partial charge in [0, 0.05) is 17.1 Å². The first-order valence-corrected chi connectivity index (χ1v) is 11.4. The third-order valence-corrected chi connectivity index (χ3v) is 6.16. The Balaban J connectivity index is 1.69. The molecule has 36 heavy (non-hydrogen) atoms. The van der Waals surface area contributed by atoms with E-state index in [-0.39, 0.29) is 12.0 Å². The van der Waals surface area contributed by atoms with Crippen molar-refractivity contribution in [2.24, 2.45) is 0 Å². The van der Waals surface area contributed by atoms with Crippen molar-refractivity contribution in [3.63, 3.8) is 0 Å². The number of hydrogen-bond donors (Lipinski definition) is 3. The van der Waals surface area contributed by atoms with Crippen LogP contribution < -0.4 is 10.1 Å². The number of alkyl halides is 3. The minimum absolute atomic E-state index is 0.255. The molecule has 0 fully saturated rings. The Labute approximate surface area is 206 Å². The van der Waals surface area contributed by atoms with Crippen LogP contribution >= 0.6 is 0 Å². The molecule has 1 amide bonds. The van der Waals surface area contributed by atoms with Gasteiger partial charge in [0.15, 0.2) is 0 Å². The third-order valence-electron chi connectivity index (χ3n) is 6.16. The molecule has 5 nitrogen and oxygen atoms in total. The quantitative estimate of drug-likeness (QED) is 0.291. The van der Waals surface area contributed by atoms with Crippen molar-refractivity contribution in [1.29, 1.82) is 0 Å². The van der Waals surface area contributed by atoms with Crippen molar-refractivity contribution in [2.75, 3.05) is 6.61 Å². The van der Waals surface area contributed by atoms with Gasteiger partial charge in [-0.05, 0) is 67.6 Å². The minimum atomic E-state index is -4.97. The van der Waals surface area contributed by atoms with E-state index in [9.17, 15) is 23.1 Å². The molecule has 1 heterocycles. The fourth-order valence-electron chi connectivity index (χ4n) is 4.41. The molecular formula is C28H27F3N2O3. The topological polar surface area (TPSA) is 74.3 Å². The number of aromatic amines is 1. The molecule has 0 aliphatic rings. The highest BCUT2D eigenvalue weighted by atomic mass is 19.4. The average molecular weight is 497 g/mol. The first-order valence-electron chi connectivity index (χ1n) is 11.4. The normalized spacial score (nSPS) is 13.4. The molecule has 0 radical (unpaired) electrons. The maximum absolute atomic E-state index is 13.4. The van der Waals surface area contributed by atoms with Crippen LogP contribution in [-0.4, -0.2) is 34.5 Å². The molecule has 0 bridgehead atoms. The molecule has 8 heteroatoms. The summed E-state index contributed by atoms with van der Waals surface area (Å²) < 4.78 is 43.5. The summed E-state index contributed by atoms with van der Waals surface area (Å²) in [5.74, 6) is -1.39. The van der Waals surface area contributed by atoms with Crippen LogP contribution in [0.15, 0.2) is 66.9 Å². The summed E-state index contributed by atoms with van der Waals surface area (Å²) in [6.45, 7) is 5.06. The van der Waals surface area contributed by atoms with Crippen LogP contribution in [0.3, 0.4) is 0 Å². The van der Waals surface area contributed by atoms with Crippen LogP contribution in [0.1, 0.15) is 34.0 Å². The molecule has 0 aliphatic carbocycles. The van der Waals surface area contributed by atoms with E-state index in [0.29, 0.717) is 5.56 Å². The van der Waals surface area contributed by atoms with Gasteiger partial charge in [-0.2, -0.15) is 0 Å². The lowest BCUT2D eigenvalue weighted by atomic mass is 9.92. The van der Waals surface area contributed by atoms with E-state index < -0.39 is 30.2 Å². The zero-order valence-corrected chi connectivity index (χ0v) is 20.2. The summed E-state index contributed by atoms with van der Waals surface area (Å²) in [6.07, 6.45) is -2.92. The molecule has 0 aliphatic heterocycles. The number of benzene rings is 3. The van der Waals surface area contributed by atoms with Crippen LogP contribution in [0.25, 0.3) is 22.0 Å². The molecule has 3 aromatic carbocycles. The molecule has 0 saturated heterocycles. The molecule has 1 unspecified atom stereocenters. The number of halogens is 3. The van der Waals surface area contributed by atoms with Crippen LogP contribution in [0.2, 0.25) is 0 Å². The largest absolute Gasteiger partial charge is 0.573 e. The second kappa shape index (κ2) is 9.70. The summed E-state index contributed by atoms with van der Waals surface area (Å²) in [6, 6.07) is 17.3. The van der Waals surface area contributed by atoms with Crippen LogP contribution in [0, 0.1) is 13.8 Å². The van der Waals surface area contributed by atoms with Crippen LogP contribution in [0.4, 0.5) is 13.2 Å². The van der Waals surface area contributed by atoms with Gasteiger partial charge >= 0.3 is 6.36 Å². The van der Waals surface area contributed by atoms with Gasteiger partial charge in [-0.3, -0.25) is 4.79 Å². The number of aromatic nitrogens is 1. The molecular weight excluding hydrogens is 469 g/mol. The second-order valence-corrected chi connectivity index (χ2v) is 9.29. The maximum Gasteiger partial charge on any atom is 0.573 e. The highest BCUT2D eigenvalue weighted by Crippen LogP contribution is 2.33. The van der Waals surface area contributed by atoms with E-state index >= 15 is 0 Å². The Hall–Kier alpha value is -3.78. The first-order chi connectivity index (χ1) is 17.0. The number of ether oxygens (including phenoxy) is 1. The number of H-pyrrole nitrogens is 1. The van der Waals surface area contributed by atoms with Crippen molar-refractivity contribution in [1.82, 2.24) is 10.3 Å². The lowest BCUT2D eigenvalue weighted by Crippen LogP contribution is -2.50. The van der Waals surface area contributed by atoms with E-state index in [4.69, 9.17) is 0 Å². The second-order valence-electron chi connectivity index (χ2n) is 9.29. The number of carbonyl (C=O) groups excluding carboxylic acids is 1. The number of aryl methyl sites for hydroxylation is 2. The van der Waals surface area contributed by atoms with Gasteiger partial charge in [0.05, 0.1) is 17.7 Å². The fourth-order valence-corrected chi connectivity index (χ4v) is 4.41. The van der Waals surface area contributed by atoms with Crippen molar-refractivity contribution in [2.45, 2.75) is 39.1 Å². The predicted octanol–water partition coefficient (Wildman–Crippen LogP) is 6.07. The molecule has 3 N–H and O–H groups in total. The van der Waals surface area contributed by atoms with Crippen molar-refractivity contribution >= 4 is 16.8 Å². The molecule has 0 saturated carbocycles. The van der Waals surface area contributed by atoms with Crippen LogP contribution in [-0.2, 0) is 6.42 Å². The van der Waals surface area contributed by atoms with E-state index in [1.54, 1.807) is 13.1 Å². The zero-order chi connectivity index (χ0) is 26.1. The summed E-state index contributed by atoms with van der Waals surface area (Å²) in [5, 5.41) is 13.8. The van der Waals surface area contributed by atoms with Gasteiger partial charge in [0.1, 0.15) is 5.75 Å². The monoisotopic (exact) mass is 496 g/mol. The highest BCUT2D eigenvalue weighted by molar-refractivity contribution is 5.99. The van der Waals surface area contributed by atoms with Gasteiger partial charge < -0.3 is 20.1 Å². The number of hydrogen-bond acceptors (Lipinski definition) is 3. The summed E-state index contributed by atoms with van der Waals surface area (Å²) in [4.78, 5) is 16.5. The zero-order valence-electron chi connectivity index (χ0n) is 20.2. The third kappa shape index (κ3) is 5.54. The standard InChI is InChI=1S/C28H27F3N2O3/c1-17-8-10-21(18(2)12-17)19-9-11-25(36-28(29,30)31)23(13-19)26(35)33-27(3,16-34)14-20-15-32-24-7-5-4-6-22(20)24/h4-13,15,32,34H,14,16H2,1-3H3,(H,33,35). The lowest BCUT2D eigenvalue weighted by molar-refractivity contribution is -0.274. The Bertz CT molecular complexity index is 1410. The van der Waals surface area contributed by atoms with Gasteiger partial charge in [0.25, 0.3) is 5.91 Å². The molecule has 1 aromatic heterocycles. The lowest BCUT2D eigenvalue weighted by Gasteiger charge is -2.29. The molecule has 1 atom stereocenters.